The van der Waals surface area contributed by atoms with E-state index in [1.807, 2.05) is 11.0 Å². The lowest BCUT2D eigenvalue weighted by Crippen LogP contribution is -2.46. The molecule has 0 aliphatic carbocycles. The van der Waals surface area contributed by atoms with Crippen molar-refractivity contribution in [2.45, 2.75) is 18.2 Å². The third-order valence-electron chi connectivity index (χ3n) is 3.55. The predicted octanol–water partition coefficient (Wildman–Crippen LogP) is 1.14. The van der Waals surface area contributed by atoms with Crippen LogP contribution in [0.1, 0.15) is 18.2 Å². The number of hydrogen-bond donors (Lipinski definition) is 1. The summed E-state index contributed by atoms with van der Waals surface area (Å²) >= 11 is 1.18. The van der Waals surface area contributed by atoms with Crippen LogP contribution in [0.25, 0.3) is 0 Å². The average Bonchev–Trinajstić information content (AvgIpc) is 2.77. The van der Waals surface area contributed by atoms with Gasteiger partial charge in [0.05, 0.1) is 5.69 Å². The molecule has 1 aliphatic rings. The minimum Gasteiger partial charge on any atom is -0.396 e. The van der Waals surface area contributed by atoms with Gasteiger partial charge in [0, 0.05) is 32.4 Å². The van der Waals surface area contributed by atoms with Crippen molar-refractivity contribution in [2.24, 2.45) is 0 Å². The van der Waals surface area contributed by atoms with Crippen LogP contribution in [-0.2, 0) is 9.84 Å². The number of piperazine rings is 1. The second-order valence-corrected chi connectivity index (χ2v) is 8.14. The number of nitrogens with zero attached hydrogens (tertiary/aromatic N) is 3. The molecule has 0 spiro atoms. The normalized spacial score (nSPS) is 16.9. The van der Waals surface area contributed by atoms with Gasteiger partial charge < -0.3 is 10.6 Å². The zero-order valence-electron chi connectivity index (χ0n) is 12.3. The molecule has 0 atom stereocenters. The Morgan fingerprint density at radius 1 is 1.33 bits per heavy atom. The number of nitriles is 1. The van der Waals surface area contributed by atoms with Gasteiger partial charge in [-0.15, -0.1) is 11.3 Å². The first-order valence-corrected chi connectivity index (χ1v) is 9.59. The molecule has 0 aromatic carbocycles. The summed E-state index contributed by atoms with van der Waals surface area (Å²) < 4.78 is 24.0. The predicted molar refractivity (Wildman–Crippen MR) is 85.5 cm³/mol. The molecule has 21 heavy (non-hydrogen) atoms. The van der Waals surface area contributed by atoms with Crippen molar-refractivity contribution in [2.75, 3.05) is 49.6 Å². The molecule has 2 rings (SSSR count). The van der Waals surface area contributed by atoms with E-state index < -0.39 is 9.84 Å². The Kier molecular flexibility index (Phi) is 4.76. The third kappa shape index (κ3) is 3.31. The summed E-state index contributed by atoms with van der Waals surface area (Å²) in [5, 5.41) is 9.70. The molecular formula is C13H20N4O2S2. The molecule has 0 amide bonds. The number of hydrogen-bond acceptors (Lipinski definition) is 7. The monoisotopic (exact) mass is 328 g/mol. The summed E-state index contributed by atoms with van der Waals surface area (Å²) in [4.78, 5) is 4.79. The fraction of sp³-hybridized carbons (Fsp3) is 0.615. The number of thiophene rings is 1. The Balaban J connectivity index is 2.31. The Hall–Kier alpha value is -1.30. The molecule has 0 saturated carbocycles. The number of rotatable bonds is 4. The Morgan fingerprint density at radius 2 is 1.95 bits per heavy atom. The fourth-order valence-corrected chi connectivity index (χ4v) is 5.11. The van der Waals surface area contributed by atoms with Crippen LogP contribution in [0.2, 0.25) is 0 Å². The van der Waals surface area contributed by atoms with Crippen LogP contribution in [0.15, 0.2) is 4.90 Å². The summed E-state index contributed by atoms with van der Waals surface area (Å²) in [5.74, 6) is 0. The maximum Gasteiger partial charge on any atom is 0.180 e. The van der Waals surface area contributed by atoms with Crippen molar-refractivity contribution in [1.29, 1.82) is 5.26 Å². The van der Waals surface area contributed by atoms with Gasteiger partial charge in [-0.1, -0.05) is 6.92 Å². The lowest BCUT2D eigenvalue weighted by atomic mass is 10.3. The van der Waals surface area contributed by atoms with Crippen molar-refractivity contribution in [3.8, 4) is 6.07 Å². The lowest BCUT2D eigenvalue weighted by Gasteiger charge is -2.35. The van der Waals surface area contributed by atoms with Crippen LogP contribution < -0.4 is 10.6 Å². The highest BCUT2D eigenvalue weighted by Crippen LogP contribution is 2.41. The second kappa shape index (κ2) is 6.22. The van der Waals surface area contributed by atoms with E-state index in [1.165, 1.54) is 11.3 Å². The molecule has 0 bridgehead atoms. The molecule has 1 fully saturated rings. The Bertz CT molecular complexity index is 652. The summed E-state index contributed by atoms with van der Waals surface area (Å²) in [6.07, 6.45) is 2.25. The minimum atomic E-state index is -3.45. The first-order valence-electron chi connectivity index (χ1n) is 6.88. The molecule has 8 heteroatoms. The minimum absolute atomic E-state index is 0.0935. The first kappa shape index (κ1) is 16.1. The summed E-state index contributed by atoms with van der Waals surface area (Å²) in [5.41, 5.74) is 5.95. The van der Waals surface area contributed by atoms with E-state index in [9.17, 15) is 8.42 Å². The highest BCUT2D eigenvalue weighted by molar-refractivity contribution is 7.91. The smallest absolute Gasteiger partial charge is 0.180 e. The van der Waals surface area contributed by atoms with Gasteiger partial charge in [0.15, 0.2) is 9.84 Å². The molecule has 1 saturated heterocycles. The van der Waals surface area contributed by atoms with Gasteiger partial charge in [0.1, 0.15) is 20.8 Å². The van der Waals surface area contributed by atoms with E-state index in [0.29, 0.717) is 5.00 Å². The molecular weight excluding hydrogens is 308 g/mol. The van der Waals surface area contributed by atoms with Gasteiger partial charge in [-0.2, -0.15) is 5.26 Å². The van der Waals surface area contributed by atoms with Gasteiger partial charge >= 0.3 is 0 Å². The van der Waals surface area contributed by atoms with Crippen molar-refractivity contribution in [3.05, 3.63) is 4.88 Å². The van der Waals surface area contributed by atoms with E-state index in [0.717, 1.165) is 45.4 Å². The van der Waals surface area contributed by atoms with Crippen LogP contribution in [0, 0.1) is 11.3 Å². The van der Waals surface area contributed by atoms with Crippen LogP contribution in [0.5, 0.6) is 0 Å². The van der Waals surface area contributed by atoms with Crippen molar-refractivity contribution < 1.29 is 8.42 Å². The zero-order chi connectivity index (χ0) is 15.6. The Morgan fingerprint density at radius 3 is 2.43 bits per heavy atom. The molecule has 1 aromatic heterocycles. The van der Waals surface area contributed by atoms with Crippen LogP contribution in [0.4, 0.5) is 10.7 Å². The summed E-state index contributed by atoms with van der Waals surface area (Å²) in [7, 11) is -3.45. The molecule has 2 N–H and O–H groups in total. The zero-order valence-corrected chi connectivity index (χ0v) is 13.9. The third-order valence-corrected chi connectivity index (χ3v) is 6.01. The number of anilines is 2. The van der Waals surface area contributed by atoms with Gasteiger partial charge in [0.2, 0.25) is 0 Å². The lowest BCUT2D eigenvalue weighted by molar-refractivity contribution is 0.258. The van der Waals surface area contributed by atoms with E-state index in [-0.39, 0.29) is 15.5 Å². The van der Waals surface area contributed by atoms with E-state index in [4.69, 9.17) is 11.0 Å². The van der Waals surface area contributed by atoms with Gasteiger partial charge in [-0.3, -0.25) is 4.90 Å². The maximum atomic E-state index is 12.0. The fourth-order valence-electron chi connectivity index (χ4n) is 2.56. The van der Waals surface area contributed by atoms with E-state index in [1.54, 1.807) is 0 Å². The van der Waals surface area contributed by atoms with E-state index in [2.05, 4.69) is 11.8 Å². The highest BCUT2D eigenvalue weighted by atomic mass is 32.2. The van der Waals surface area contributed by atoms with E-state index >= 15 is 0 Å². The molecule has 1 aliphatic heterocycles. The highest BCUT2D eigenvalue weighted by Gasteiger charge is 2.29. The summed E-state index contributed by atoms with van der Waals surface area (Å²) in [6, 6.07) is 1.99. The number of nitrogens with two attached hydrogens (primary N) is 1. The quantitative estimate of drug-likeness (QED) is 0.891. The van der Waals surface area contributed by atoms with Crippen LogP contribution in [0.3, 0.4) is 0 Å². The topological polar surface area (TPSA) is 90.4 Å². The largest absolute Gasteiger partial charge is 0.396 e. The van der Waals surface area contributed by atoms with Gasteiger partial charge in [-0.25, -0.2) is 8.42 Å². The summed E-state index contributed by atoms with van der Waals surface area (Å²) in [6.45, 7) is 6.52. The standard InChI is InChI=1S/C13H20N4O2S2/c1-3-4-16-5-7-17(8-6-16)13-12(21(2,18)19)11(15)10(9-14)20-13/h3-8,15H2,1-2H3. The molecule has 0 radical (unpaired) electrons. The van der Waals surface area contributed by atoms with Gasteiger partial charge in [0.25, 0.3) is 0 Å². The molecule has 116 valence electrons. The molecule has 6 nitrogen and oxygen atoms in total. The average molecular weight is 328 g/mol. The molecule has 1 aromatic rings. The number of sulfone groups is 1. The van der Waals surface area contributed by atoms with Crippen LogP contribution in [-0.4, -0.2) is 52.3 Å². The first-order chi connectivity index (χ1) is 9.88. The second-order valence-electron chi connectivity index (χ2n) is 5.19. The van der Waals surface area contributed by atoms with Gasteiger partial charge in [-0.05, 0) is 13.0 Å². The van der Waals surface area contributed by atoms with Crippen LogP contribution >= 0.6 is 11.3 Å². The molecule has 0 unspecified atom stereocenters. The Labute approximate surface area is 129 Å². The van der Waals surface area contributed by atoms with Crippen molar-refractivity contribution >= 4 is 31.9 Å². The maximum absolute atomic E-state index is 12.0. The van der Waals surface area contributed by atoms with Crippen molar-refractivity contribution in [3.63, 3.8) is 0 Å². The SMILES string of the molecule is CCCN1CCN(c2sc(C#N)c(N)c2S(C)(=O)=O)CC1. The molecule has 2 heterocycles. The van der Waals surface area contributed by atoms with Crippen molar-refractivity contribution in [1.82, 2.24) is 4.90 Å². The number of nitrogen functional groups attached to an aromatic ring is 1.